The van der Waals surface area contributed by atoms with Gasteiger partial charge in [-0.05, 0) is 43.4 Å². The lowest BCUT2D eigenvalue weighted by Crippen LogP contribution is -2.33. The van der Waals surface area contributed by atoms with Gasteiger partial charge >= 0.3 is 0 Å². The SMILES string of the molecule is CNCCN(C)C(=O)c1cc(-c2cn(C)c3ccc(Br)cc23)nc2cc(Cl)ccc12. The van der Waals surface area contributed by atoms with E-state index in [1.54, 1.807) is 11.0 Å². The fraction of sp³-hybridized carbons (Fsp3) is 0.217. The molecule has 4 aromatic rings. The van der Waals surface area contributed by atoms with Gasteiger partial charge in [-0.2, -0.15) is 0 Å². The predicted molar refractivity (Wildman–Crippen MR) is 127 cm³/mol. The molecule has 7 heteroatoms. The number of aromatic nitrogens is 2. The van der Waals surface area contributed by atoms with E-state index in [1.807, 2.05) is 45.4 Å². The fourth-order valence-electron chi connectivity index (χ4n) is 3.67. The number of aryl methyl sites for hydroxylation is 1. The quantitative estimate of drug-likeness (QED) is 0.428. The smallest absolute Gasteiger partial charge is 0.254 e. The van der Waals surface area contributed by atoms with E-state index in [0.717, 1.165) is 38.6 Å². The summed E-state index contributed by atoms with van der Waals surface area (Å²) in [5, 5.41) is 5.55. The summed E-state index contributed by atoms with van der Waals surface area (Å²) in [5.74, 6) is -0.0392. The number of rotatable bonds is 5. The van der Waals surface area contributed by atoms with Gasteiger partial charge in [0.05, 0.1) is 16.8 Å². The van der Waals surface area contributed by atoms with Crippen molar-refractivity contribution in [2.75, 3.05) is 27.2 Å². The van der Waals surface area contributed by atoms with Crippen LogP contribution in [-0.2, 0) is 7.05 Å². The van der Waals surface area contributed by atoms with Crippen LogP contribution in [0.25, 0.3) is 33.1 Å². The molecule has 0 aliphatic heterocycles. The largest absolute Gasteiger partial charge is 0.350 e. The standard InChI is InChI=1S/C23H22BrClN4O/c1-26-8-9-28(2)23(30)18-12-21(27-20-11-15(25)5-6-16(18)20)19-13-29(3)22-7-4-14(24)10-17(19)22/h4-7,10-13,26H,8-9H2,1-3H3. The van der Waals surface area contributed by atoms with Crippen molar-refractivity contribution in [1.82, 2.24) is 19.8 Å². The van der Waals surface area contributed by atoms with Crippen LogP contribution in [0.2, 0.25) is 5.02 Å². The van der Waals surface area contributed by atoms with E-state index in [4.69, 9.17) is 16.6 Å². The lowest BCUT2D eigenvalue weighted by Gasteiger charge is -2.18. The number of likely N-dealkylation sites (N-methyl/N-ethyl adjacent to an activating group) is 2. The first-order valence-corrected chi connectivity index (χ1v) is 10.8. The zero-order valence-electron chi connectivity index (χ0n) is 17.0. The molecule has 0 saturated heterocycles. The Bertz CT molecular complexity index is 1270. The zero-order chi connectivity index (χ0) is 21.4. The third-order valence-corrected chi connectivity index (χ3v) is 6.00. The molecule has 0 saturated carbocycles. The van der Waals surface area contributed by atoms with E-state index in [-0.39, 0.29) is 5.91 Å². The first kappa shape index (κ1) is 20.8. The topological polar surface area (TPSA) is 50.2 Å². The van der Waals surface area contributed by atoms with Gasteiger partial charge in [0, 0.05) is 64.7 Å². The monoisotopic (exact) mass is 484 g/mol. The first-order valence-electron chi connectivity index (χ1n) is 9.64. The number of nitrogens with zero attached hydrogens (tertiary/aromatic N) is 3. The molecule has 0 spiro atoms. The number of halogens is 2. The lowest BCUT2D eigenvalue weighted by molar-refractivity contribution is 0.0799. The minimum absolute atomic E-state index is 0.0392. The second-order valence-corrected chi connectivity index (χ2v) is 8.71. The molecule has 1 N–H and O–H groups in total. The van der Waals surface area contributed by atoms with Gasteiger partial charge in [0.2, 0.25) is 0 Å². The van der Waals surface area contributed by atoms with Gasteiger partial charge in [0.1, 0.15) is 0 Å². The van der Waals surface area contributed by atoms with Crippen molar-refractivity contribution in [2.24, 2.45) is 7.05 Å². The lowest BCUT2D eigenvalue weighted by atomic mass is 10.0. The Morgan fingerprint density at radius 3 is 2.77 bits per heavy atom. The van der Waals surface area contributed by atoms with E-state index in [9.17, 15) is 4.79 Å². The van der Waals surface area contributed by atoms with Gasteiger partial charge < -0.3 is 14.8 Å². The second kappa shape index (κ2) is 8.38. The Morgan fingerprint density at radius 2 is 2.00 bits per heavy atom. The maximum absolute atomic E-state index is 13.3. The second-order valence-electron chi connectivity index (χ2n) is 7.36. The van der Waals surface area contributed by atoms with Crippen molar-refractivity contribution in [2.45, 2.75) is 0 Å². The third-order valence-electron chi connectivity index (χ3n) is 5.27. The van der Waals surface area contributed by atoms with Crippen molar-refractivity contribution < 1.29 is 4.79 Å². The Morgan fingerprint density at radius 1 is 1.20 bits per heavy atom. The van der Waals surface area contributed by atoms with Crippen molar-refractivity contribution in [1.29, 1.82) is 0 Å². The van der Waals surface area contributed by atoms with Crippen LogP contribution < -0.4 is 5.32 Å². The molecular formula is C23H22BrClN4O. The van der Waals surface area contributed by atoms with Crippen LogP contribution in [0.3, 0.4) is 0 Å². The summed E-state index contributed by atoms with van der Waals surface area (Å²) in [5.41, 5.74) is 4.15. The van der Waals surface area contributed by atoms with E-state index < -0.39 is 0 Å². The van der Waals surface area contributed by atoms with E-state index in [0.29, 0.717) is 22.6 Å². The number of pyridine rings is 1. The molecule has 2 aromatic carbocycles. The molecule has 0 radical (unpaired) electrons. The summed E-state index contributed by atoms with van der Waals surface area (Å²) >= 11 is 9.81. The zero-order valence-corrected chi connectivity index (χ0v) is 19.4. The van der Waals surface area contributed by atoms with Crippen LogP contribution >= 0.6 is 27.5 Å². The molecule has 2 heterocycles. The maximum Gasteiger partial charge on any atom is 0.254 e. The van der Waals surface area contributed by atoms with Crippen molar-refractivity contribution in [3.8, 4) is 11.3 Å². The summed E-state index contributed by atoms with van der Waals surface area (Å²) in [6, 6.07) is 13.5. The number of benzene rings is 2. The molecule has 0 fully saturated rings. The van der Waals surface area contributed by atoms with Crippen LogP contribution in [-0.4, -0.2) is 47.5 Å². The van der Waals surface area contributed by atoms with Gasteiger partial charge in [-0.15, -0.1) is 0 Å². The number of hydrogen-bond donors (Lipinski definition) is 1. The summed E-state index contributed by atoms with van der Waals surface area (Å²) in [4.78, 5) is 19.9. The molecule has 30 heavy (non-hydrogen) atoms. The average molecular weight is 486 g/mol. The summed E-state index contributed by atoms with van der Waals surface area (Å²) in [6.07, 6.45) is 2.05. The summed E-state index contributed by atoms with van der Waals surface area (Å²) in [6.45, 7) is 1.34. The van der Waals surface area contributed by atoms with Crippen LogP contribution in [0, 0.1) is 0 Å². The van der Waals surface area contributed by atoms with Gasteiger partial charge in [-0.25, -0.2) is 4.98 Å². The molecule has 0 unspecified atom stereocenters. The summed E-state index contributed by atoms with van der Waals surface area (Å²) < 4.78 is 3.07. The highest BCUT2D eigenvalue weighted by molar-refractivity contribution is 9.10. The van der Waals surface area contributed by atoms with E-state index >= 15 is 0 Å². The molecule has 0 aliphatic carbocycles. The minimum atomic E-state index is -0.0392. The first-order chi connectivity index (χ1) is 14.4. The fourth-order valence-corrected chi connectivity index (χ4v) is 4.20. The average Bonchev–Trinajstić information content (AvgIpc) is 3.06. The van der Waals surface area contributed by atoms with Crippen LogP contribution in [0.15, 0.2) is 53.1 Å². The maximum atomic E-state index is 13.3. The molecule has 1 amide bonds. The van der Waals surface area contributed by atoms with Gasteiger partial charge in [0.25, 0.3) is 5.91 Å². The van der Waals surface area contributed by atoms with Crippen molar-refractivity contribution in [3.63, 3.8) is 0 Å². The molecular weight excluding hydrogens is 464 g/mol. The van der Waals surface area contributed by atoms with Crippen molar-refractivity contribution >= 4 is 55.2 Å². The minimum Gasteiger partial charge on any atom is -0.350 e. The number of hydrogen-bond acceptors (Lipinski definition) is 3. The predicted octanol–water partition coefficient (Wildman–Crippen LogP) is 5.10. The van der Waals surface area contributed by atoms with Crippen molar-refractivity contribution in [3.05, 3.63) is 63.7 Å². The normalized spacial score (nSPS) is 11.4. The molecule has 0 bridgehead atoms. The number of amides is 1. The molecule has 4 rings (SSSR count). The third kappa shape index (κ3) is 3.83. The number of nitrogens with one attached hydrogen (secondary N) is 1. The molecule has 154 valence electrons. The Kier molecular flexibility index (Phi) is 5.82. The van der Waals surface area contributed by atoms with Crippen LogP contribution in [0.5, 0.6) is 0 Å². The highest BCUT2D eigenvalue weighted by atomic mass is 79.9. The molecule has 2 aromatic heterocycles. The Hall–Kier alpha value is -2.41. The molecule has 0 aliphatic rings. The molecule has 5 nitrogen and oxygen atoms in total. The van der Waals surface area contributed by atoms with Gasteiger partial charge in [-0.1, -0.05) is 33.6 Å². The highest BCUT2D eigenvalue weighted by Gasteiger charge is 2.19. The Balaban J connectivity index is 1.94. The number of carbonyl (C=O) groups excluding carboxylic acids is 1. The number of fused-ring (bicyclic) bond motifs is 2. The van der Waals surface area contributed by atoms with Gasteiger partial charge in [-0.3, -0.25) is 4.79 Å². The van der Waals surface area contributed by atoms with Crippen LogP contribution in [0.4, 0.5) is 0 Å². The number of carbonyl (C=O) groups is 1. The van der Waals surface area contributed by atoms with Gasteiger partial charge in [0.15, 0.2) is 0 Å². The van der Waals surface area contributed by atoms with E-state index in [2.05, 4.69) is 44.1 Å². The highest BCUT2D eigenvalue weighted by Crippen LogP contribution is 2.34. The van der Waals surface area contributed by atoms with Crippen LogP contribution in [0.1, 0.15) is 10.4 Å². The molecule has 0 atom stereocenters. The summed E-state index contributed by atoms with van der Waals surface area (Å²) in [7, 11) is 5.70. The van der Waals surface area contributed by atoms with E-state index in [1.165, 1.54) is 0 Å². The Labute approximate surface area is 188 Å².